The van der Waals surface area contributed by atoms with Crippen molar-refractivity contribution in [3.8, 4) is 0 Å². The van der Waals surface area contributed by atoms with Crippen molar-refractivity contribution in [3.05, 3.63) is 0 Å². The first-order chi connectivity index (χ1) is 9.11. The highest BCUT2D eigenvalue weighted by Crippen LogP contribution is 2.24. The molecular formula is C14H24N2O3. The topological polar surface area (TPSA) is 58.6 Å². The number of hydrogen-bond acceptors (Lipinski definition) is 3. The van der Waals surface area contributed by atoms with Gasteiger partial charge in [0.2, 0.25) is 11.8 Å². The molecule has 2 amide bonds. The van der Waals surface area contributed by atoms with E-state index in [4.69, 9.17) is 4.74 Å². The molecule has 5 heteroatoms. The monoisotopic (exact) mass is 268 g/mol. The minimum absolute atomic E-state index is 0.0416. The fourth-order valence-electron chi connectivity index (χ4n) is 3.05. The Kier molecular flexibility index (Phi) is 4.45. The van der Waals surface area contributed by atoms with Crippen LogP contribution in [-0.4, -0.2) is 48.6 Å². The fourth-order valence-corrected chi connectivity index (χ4v) is 3.05. The summed E-state index contributed by atoms with van der Waals surface area (Å²) in [4.78, 5) is 26.2. The number of carbonyl (C=O) groups is 2. The number of nitrogens with one attached hydrogen (secondary N) is 1. The Morgan fingerprint density at radius 1 is 1.37 bits per heavy atom. The molecular weight excluding hydrogens is 244 g/mol. The van der Waals surface area contributed by atoms with Gasteiger partial charge in [0.1, 0.15) is 5.54 Å². The van der Waals surface area contributed by atoms with Gasteiger partial charge in [-0.2, -0.15) is 0 Å². The molecule has 19 heavy (non-hydrogen) atoms. The Morgan fingerprint density at radius 2 is 2.11 bits per heavy atom. The second-order valence-electron chi connectivity index (χ2n) is 5.61. The average molecular weight is 268 g/mol. The van der Waals surface area contributed by atoms with Gasteiger partial charge in [-0.05, 0) is 31.6 Å². The highest BCUT2D eigenvalue weighted by molar-refractivity contribution is 5.97. The van der Waals surface area contributed by atoms with Gasteiger partial charge in [0.15, 0.2) is 0 Å². The predicted octanol–water partition coefficient (Wildman–Crippen LogP) is 0.930. The summed E-state index contributed by atoms with van der Waals surface area (Å²) >= 11 is 0. The van der Waals surface area contributed by atoms with Crippen LogP contribution in [0.2, 0.25) is 0 Å². The summed E-state index contributed by atoms with van der Waals surface area (Å²) in [6.07, 6.45) is 3.42. The molecule has 0 aromatic carbocycles. The van der Waals surface area contributed by atoms with E-state index in [1.165, 1.54) is 0 Å². The number of carbonyl (C=O) groups excluding carboxylic acids is 2. The van der Waals surface area contributed by atoms with Crippen LogP contribution in [0.5, 0.6) is 0 Å². The van der Waals surface area contributed by atoms with Crippen LogP contribution in [0.25, 0.3) is 0 Å². The molecule has 2 aliphatic rings. The van der Waals surface area contributed by atoms with Crippen LogP contribution in [0.4, 0.5) is 0 Å². The predicted molar refractivity (Wildman–Crippen MR) is 71.6 cm³/mol. The number of nitrogens with zero attached hydrogens (tertiary/aromatic N) is 1. The number of rotatable bonds is 4. The van der Waals surface area contributed by atoms with Crippen molar-refractivity contribution in [3.63, 3.8) is 0 Å². The molecule has 2 fully saturated rings. The molecule has 1 unspecified atom stereocenters. The molecule has 1 N–H and O–H groups in total. The summed E-state index contributed by atoms with van der Waals surface area (Å²) in [6, 6.07) is 0. The van der Waals surface area contributed by atoms with Gasteiger partial charge in [0.05, 0.1) is 13.2 Å². The third-order valence-electron chi connectivity index (χ3n) is 4.35. The largest absolute Gasteiger partial charge is 0.381 e. The van der Waals surface area contributed by atoms with Crippen LogP contribution in [-0.2, 0) is 14.3 Å². The standard InChI is InChI=1S/C14H24N2O3/c1-3-14(4-2)13(18)16(9-12(17)15-14)8-11-6-5-7-19-10-11/h11H,3-10H2,1-2H3,(H,15,17). The molecule has 2 heterocycles. The van der Waals surface area contributed by atoms with Crippen LogP contribution in [0, 0.1) is 5.92 Å². The zero-order valence-corrected chi connectivity index (χ0v) is 11.9. The maximum atomic E-state index is 12.6. The molecule has 0 aromatic heterocycles. The number of ether oxygens (including phenoxy) is 1. The van der Waals surface area contributed by atoms with E-state index in [1.54, 1.807) is 4.90 Å². The van der Waals surface area contributed by atoms with Gasteiger partial charge in [-0.3, -0.25) is 9.59 Å². The van der Waals surface area contributed by atoms with Crippen molar-refractivity contribution in [1.29, 1.82) is 0 Å². The van der Waals surface area contributed by atoms with Crippen molar-refractivity contribution in [1.82, 2.24) is 10.2 Å². The molecule has 0 aromatic rings. The van der Waals surface area contributed by atoms with Crippen LogP contribution >= 0.6 is 0 Å². The summed E-state index contributed by atoms with van der Waals surface area (Å²) in [6.45, 7) is 6.27. The molecule has 2 saturated heterocycles. The first kappa shape index (κ1) is 14.3. The Hall–Kier alpha value is -1.10. The van der Waals surface area contributed by atoms with Gasteiger partial charge in [-0.25, -0.2) is 0 Å². The van der Waals surface area contributed by atoms with E-state index in [-0.39, 0.29) is 18.4 Å². The van der Waals surface area contributed by atoms with Crippen LogP contribution in [0.1, 0.15) is 39.5 Å². The summed E-state index contributed by atoms with van der Waals surface area (Å²) in [5, 5.41) is 2.88. The SMILES string of the molecule is CCC1(CC)NC(=O)CN(CC2CCCOC2)C1=O. The van der Waals surface area contributed by atoms with Crippen molar-refractivity contribution < 1.29 is 14.3 Å². The lowest BCUT2D eigenvalue weighted by atomic mass is 9.88. The first-order valence-corrected chi connectivity index (χ1v) is 7.29. The Bertz CT molecular complexity index is 347. The zero-order chi connectivity index (χ0) is 13.9. The Morgan fingerprint density at radius 3 is 2.68 bits per heavy atom. The van der Waals surface area contributed by atoms with E-state index in [0.717, 1.165) is 19.4 Å². The van der Waals surface area contributed by atoms with Crippen molar-refractivity contribution in [2.75, 3.05) is 26.3 Å². The van der Waals surface area contributed by atoms with Crippen LogP contribution in [0.15, 0.2) is 0 Å². The van der Waals surface area contributed by atoms with E-state index < -0.39 is 5.54 Å². The Balaban J connectivity index is 2.06. The van der Waals surface area contributed by atoms with Crippen LogP contribution in [0.3, 0.4) is 0 Å². The second-order valence-corrected chi connectivity index (χ2v) is 5.61. The molecule has 0 radical (unpaired) electrons. The van der Waals surface area contributed by atoms with E-state index in [9.17, 15) is 9.59 Å². The molecule has 0 spiro atoms. The minimum Gasteiger partial charge on any atom is -0.381 e. The van der Waals surface area contributed by atoms with Gasteiger partial charge < -0.3 is 15.0 Å². The molecule has 5 nitrogen and oxygen atoms in total. The second kappa shape index (κ2) is 5.90. The normalized spacial score (nSPS) is 27.3. The van der Waals surface area contributed by atoms with Gasteiger partial charge in [-0.15, -0.1) is 0 Å². The average Bonchev–Trinajstić information content (AvgIpc) is 2.44. The molecule has 1 atom stereocenters. The summed E-state index contributed by atoms with van der Waals surface area (Å²) in [5.74, 6) is 0.401. The highest BCUT2D eigenvalue weighted by atomic mass is 16.5. The van der Waals surface area contributed by atoms with Gasteiger partial charge in [0.25, 0.3) is 0 Å². The maximum absolute atomic E-state index is 12.6. The lowest BCUT2D eigenvalue weighted by molar-refractivity contribution is -0.151. The maximum Gasteiger partial charge on any atom is 0.248 e. The number of hydrogen-bond donors (Lipinski definition) is 1. The lowest BCUT2D eigenvalue weighted by Crippen LogP contribution is -2.66. The van der Waals surface area contributed by atoms with Crippen LogP contribution < -0.4 is 5.32 Å². The van der Waals surface area contributed by atoms with E-state index in [0.29, 0.717) is 31.9 Å². The fraction of sp³-hybridized carbons (Fsp3) is 0.857. The van der Waals surface area contributed by atoms with Crippen molar-refractivity contribution in [2.24, 2.45) is 5.92 Å². The summed E-state index contributed by atoms with van der Waals surface area (Å²) < 4.78 is 5.45. The first-order valence-electron chi connectivity index (χ1n) is 7.29. The molecule has 0 aliphatic carbocycles. The smallest absolute Gasteiger partial charge is 0.248 e. The third-order valence-corrected chi connectivity index (χ3v) is 4.35. The minimum atomic E-state index is -0.690. The van der Waals surface area contributed by atoms with Gasteiger partial charge in [0, 0.05) is 13.2 Å². The van der Waals surface area contributed by atoms with Crippen molar-refractivity contribution in [2.45, 2.75) is 45.1 Å². The summed E-state index contributed by atoms with van der Waals surface area (Å²) in [5.41, 5.74) is -0.690. The molecule has 108 valence electrons. The quantitative estimate of drug-likeness (QED) is 0.825. The van der Waals surface area contributed by atoms with E-state index in [2.05, 4.69) is 5.32 Å². The van der Waals surface area contributed by atoms with E-state index >= 15 is 0 Å². The Labute approximate surface area is 114 Å². The number of amides is 2. The summed E-state index contributed by atoms with van der Waals surface area (Å²) in [7, 11) is 0. The van der Waals surface area contributed by atoms with E-state index in [1.807, 2.05) is 13.8 Å². The van der Waals surface area contributed by atoms with Gasteiger partial charge in [-0.1, -0.05) is 13.8 Å². The third kappa shape index (κ3) is 2.91. The molecule has 0 saturated carbocycles. The van der Waals surface area contributed by atoms with Gasteiger partial charge >= 0.3 is 0 Å². The van der Waals surface area contributed by atoms with Crippen molar-refractivity contribution >= 4 is 11.8 Å². The molecule has 0 bridgehead atoms. The lowest BCUT2D eigenvalue weighted by Gasteiger charge is -2.42. The molecule has 2 rings (SSSR count). The highest BCUT2D eigenvalue weighted by Gasteiger charge is 2.44. The number of piperazine rings is 1. The zero-order valence-electron chi connectivity index (χ0n) is 11.9. The molecule has 2 aliphatic heterocycles.